The van der Waals surface area contributed by atoms with Crippen LogP contribution >= 0.6 is 11.3 Å². The van der Waals surface area contributed by atoms with Crippen LogP contribution < -0.4 is 0 Å². The summed E-state index contributed by atoms with van der Waals surface area (Å²) in [5, 5.41) is 10.7. The van der Waals surface area contributed by atoms with Crippen molar-refractivity contribution in [2.75, 3.05) is 6.54 Å². The van der Waals surface area contributed by atoms with Crippen molar-refractivity contribution < 1.29 is 27.9 Å². The predicted octanol–water partition coefficient (Wildman–Crippen LogP) is 3.80. The van der Waals surface area contributed by atoms with Crippen molar-refractivity contribution in [3.8, 4) is 0 Å². The lowest BCUT2D eigenvalue weighted by molar-refractivity contribution is -0.138. The van der Waals surface area contributed by atoms with Crippen LogP contribution in [0.4, 0.5) is 13.2 Å². The number of aliphatic carboxylic acids is 1. The number of carboxylic acids is 1. The minimum Gasteiger partial charge on any atom is -0.480 e. The molecule has 1 N–H and O–H groups in total. The smallest absolute Gasteiger partial charge is 0.416 e. The Balaban J connectivity index is 2.21. The van der Waals surface area contributed by atoms with Crippen molar-refractivity contribution in [2.24, 2.45) is 0 Å². The van der Waals surface area contributed by atoms with E-state index < -0.39 is 30.2 Å². The van der Waals surface area contributed by atoms with Gasteiger partial charge < -0.3 is 10.0 Å². The van der Waals surface area contributed by atoms with Crippen molar-refractivity contribution in [3.05, 3.63) is 57.3 Å². The van der Waals surface area contributed by atoms with Crippen molar-refractivity contribution in [1.29, 1.82) is 0 Å². The Morgan fingerprint density at radius 3 is 2.25 bits per heavy atom. The van der Waals surface area contributed by atoms with E-state index in [0.717, 1.165) is 22.6 Å². The maximum Gasteiger partial charge on any atom is 0.416 e. The number of carboxylic acid groups (broad SMARTS) is 1. The fourth-order valence-corrected chi connectivity index (χ4v) is 3.01. The SMILES string of the molecule is Cc1ccsc1C(=O)N(CC(=O)O)Cc1ccc(C(F)(F)F)cc1. The highest BCUT2D eigenvalue weighted by Crippen LogP contribution is 2.29. The van der Waals surface area contributed by atoms with Crippen LogP contribution in [0.3, 0.4) is 0 Å². The maximum absolute atomic E-state index is 12.6. The first-order chi connectivity index (χ1) is 11.2. The molecule has 0 bridgehead atoms. The van der Waals surface area contributed by atoms with E-state index in [1.807, 2.05) is 0 Å². The zero-order chi connectivity index (χ0) is 17.9. The summed E-state index contributed by atoms with van der Waals surface area (Å²) in [6.07, 6.45) is -4.44. The average Bonchev–Trinajstić information content (AvgIpc) is 2.91. The van der Waals surface area contributed by atoms with Gasteiger partial charge in [0.15, 0.2) is 0 Å². The van der Waals surface area contributed by atoms with E-state index in [-0.39, 0.29) is 6.54 Å². The largest absolute Gasteiger partial charge is 0.480 e. The Kier molecular flexibility index (Phi) is 5.28. The second-order valence-corrected chi connectivity index (χ2v) is 6.10. The third-order valence-corrected chi connectivity index (χ3v) is 4.33. The third-order valence-electron chi connectivity index (χ3n) is 3.32. The van der Waals surface area contributed by atoms with Gasteiger partial charge in [0.25, 0.3) is 5.91 Å². The van der Waals surface area contributed by atoms with Gasteiger partial charge in [-0.1, -0.05) is 12.1 Å². The van der Waals surface area contributed by atoms with Gasteiger partial charge in [0.1, 0.15) is 6.54 Å². The van der Waals surface area contributed by atoms with Gasteiger partial charge in [0, 0.05) is 6.54 Å². The number of carbonyl (C=O) groups excluding carboxylic acids is 1. The van der Waals surface area contributed by atoms with Crippen molar-refractivity contribution in [2.45, 2.75) is 19.6 Å². The lowest BCUT2D eigenvalue weighted by Crippen LogP contribution is -2.35. The van der Waals surface area contributed by atoms with Crippen LogP contribution in [0.25, 0.3) is 0 Å². The van der Waals surface area contributed by atoms with Crippen LogP contribution in [0, 0.1) is 6.92 Å². The van der Waals surface area contributed by atoms with E-state index in [1.54, 1.807) is 18.4 Å². The molecule has 128 valence electrons. The standard InChI is InChI=1S/C16H14F3NO3S/c1-10-6-7-24-14(10)15(23)20(9-13(21)22)8-11-2-4-12(5-3-11)16(17,18)19/h2-7H,8-9H2,1H3,(H,21,22). The molecule has 4 nitrogen and oxygen atoms in total. The lowest BCUT2D eigenvalue weighted by atomic mass is 10.1. The minimum atomic E-state index is -4.44. The normalized spacial score (nSPS) is 11.3. The fourth-order valence-electron chi connectivity index (χ4n) is 2.12. The van der Waals surface area contributed by atoms with Gasteiger partial charge in [0.2, 0.25) is 0 Å². The third kappa shape index (κ3) is 4.35. The summed E-state index contributed by atoms with van der Waals surface area (Å²) in [5.41, 5.74) is 0.357. The molecule has 0 unspecified atom stereocenters. The maximum atomic E-state index is 12.6. The molecule has 1 aromatic carbocycles. The Labute approximate surface area is 140 Å². The van der Waals surface area contributed by atoms with E-state index in [2.05, 4.69) is 0 Å². The molecule has 0 aliphatic carbocycles. The molecule has 1 heterocycles. The first-order valence-corrected chi connectivity index (χ1v) is 7.77. The first kappa shape index (κ1) is 18.0. The molecular weight excluding hydrogens is 343 g/mol. The van der Waals surface area contributed by atoms with Crippen LogP contribution in [0.2, 0.25) is 0 Å². The molecule has 1 aromatic heterocycles. The lowest BCUT2D eigenvalue weighted by Gasteiger charge is -2.21. The molecular formula is C16H14F3NO3S. The van der Waals surface area contributed by atoms with Gasteiger partial charge >= 0.3 is 12.1 Å². The Hall–Kier alpha value is -2.35. The number of rotatable bonds is 5. The number of benzene rings is 1. The first-order valence-electron chi connectivity index (χ1n) is 6.90. The number of carbonyl (C=O) groups is 2. The van der Waals surface area contributed by atoms with E-state index in [4.69, 9.17) is 5.11 Å². The summed E-state index contributed by atoms with van der Waals surface area (Å²) in [5.74, 6) is -1.64. The Morgan fingerprint density at radius 2 is 1.79 bits per heavy atom. The highest BCUT2D eigenvalue weighted by Gasteiger charge is 2.30. The van der Waals surface area contributed by atoms with Crippen LogP contribution in [-0.4, -0.2) is 28.4 Å². The highest BCUT2D eigenvalue weighted by atomic mass is 32.1. The number of thiophene rings is 1. The van der Waals surface area contributed by atoms with Gasteiger partial charge in [-0.25, -0.2) is 0 Å². The van der Waals surface area contributed by atoms with Gasteiger partial charge in [-0.3, -0.25) is 9.59 Å². The molecule has 0 saturated carbocycles. The van der Waals surface area contributed by atoms with E-state index in [9.17, 15) is 22.8 Å². The Morgan fingerprint density at radius 1 is 1.17 bits per heavy atom. The van der Waals surface area contributed by atoms with Crippen molar-refractivity contribution >= 4 is 23.2 Å². The zero-order valence-corrected chi connectivity index (χ0v) is 13.4. The molecule has 0 atom stereocenters. The minimum absolute atomic E-state index is 0.0827. The summed E-state index contributed by atoms with van der Waals surface area (Å²) in [7, 11) is 0. The molecule has 8 heteroatoms. The molecule has 0 saturated heterocycles. The number of aryl methyl sites for hydroxylation is 1. The molecule has 0 radical (unpaired) electrons. The zero-order valence-electron chi connectivity index (χ0n) is 12.6. The molecule has 0 aliphatic rings. The fraction of sp³-hybridized carbons (Fsp3) is 0.250. The molecule has 1 amide bonds. The van der Waals surface area contributed by atoms with Crippen LogP contribution in [0.1, 0.15) is 26.4 Å². The molecule has 0 fully saturated rings. The quantitative estimate of drug-likeness (QED) is 0.885. The summed E-state index contributed by atoms with van der Waals surface area (Å²) >= 11 is 1.20. The molecule has 2 aromatic rings. The predicted molar refractivity (Wildman–Crippen MR) is 82.9 cm³/mol. The number of nitrogens with zero attached hydrogens (tertiary/aromatic N) is 1. The number of halogens is 3. The Bertz CT molecular complexity index is 738. The van der Waals surface area contributed by atoms with Gasteiger partial charge in [-0.15, -0.1) is 11.3 Å². The van der Waals surface area contributed by atoms with Gasteiger partial charge in [-0.05, 0) is 41.6 Å². The molecule has 0 aliphatic heterocycles. The average molecular weight is 357 g/mol. The molecule has 0 spiro atoms. The van der Waals surface area contributed by atoms with E-state index >= 15 is 0 Å². The van der Waals surface area contributed by atoms with E-state index in [0.29, 0.717) is 10.4 Å². The number of hydrogen-bond donors (Lipinski definition) is 1. The van der Waals surface area contributed by atoms with Crippen LogP contribution in [0.15, 0.2) is 35.7 Å². The van der Waals surface area contributed by atoms with Crippen LogP contribution in [-0.2, 0) is 17.5 Å². The van der Waals surface area contributed by atoms with E-state index in [1.165, 1.54) is 23.5 Å². The van der Waals surface area contributed by atoms with Crippen molar-refractivity contribution in [1.82, 2.24) is 4.90 Å². The van der Waals surface area contributed by atoms with Crippen molar-refractivity contribution in [3.63, 3.8) is 0 Å². The summed E-state index contributed by atoms with van der Waals surface area (Å²) < 4.78 is 37.7. The number of alkyl halides is 3. The number of hydrogen-bond acceptors (Lipinski definition) is 3. The van der Waals surface area contributed by atoms with Gasteiger partial charge in [-0.2, -0.15) is 13.2 Å². The molecule has 2 rings (SSSR count). The summed E-state index contributed by atoms with van der Waals surface area (Å²) in [6.45, 7) is 1.12. The summed E-state index contributed by atoms with van der Waals surface area (Å²) in [4.78, 5) is 25.0. The second kappa shape index (κ2) is 7.04. The molecule has 24 heavy (non-hydrogen) atoms. The van der Waals surface area contributed by atoms with Crippen LogP contribution in [0.5, 0.6) is 0 Å². The number of amides is 1. The topological polar surface area (TPSA) is 57.6 Å². The van der Waals surface area contributed by atoms with Gasteiger partial charge in [0.05, 0.1) is 10.4 Å². The highest BCUT2D eigenvalue weighted by molar-refractivity contribution is 7.12. The summed E-state index contributed by atoms with van der Waals surface area (Å²) in [6, 6.07) is 6.05. The second-order valence-electron chi connectivity index (χ2n) is 5.18. The monoisotopic (exact) mass is 357 g/mol.